The molecule has 0 heterocycles. The van der Waals surface area contributed by atoms with E-state index in [1.54, 1.807) is 11.8 Å². The Bertz CT molecular complexity index is 525. The first-order chi connectivity index (χ1) is 8.20. The Labute approximate surface area is 115 Å². The summed E-state index contributed by atoms with van der Waals surface area (Å²) in [5.74, 6) is 0. The molecule has 2 N–H and O–H groups in total. The molecule has 2 rings (SSSR count). The Hall–Kier alpha value is -0.770. The average Bonchev–Trinajstić information content (AvgIpc) is 2.32. The highest BCUT2D eigenvalue weighted by Gasteiger charge is 2.05. The predicted octanol–water partition coefficient (Wildman–Crippen LogP) is 4.37. The van der Waals surface area contributed by atoms with E-state index in [0.717, 1.165) is 4.47 Å². The van der Waals surface area contributed by atoms with E-state index in [1.807, 2.05) is 6.07 Å². The second-order valence-electron chi connectivity index (χ2n) is 3.82. The molecule has 0 aromatic heterocycles. The molecule has 2 aromatic carbocycles. The molecule has 88 valence electrons. The van der Waals surface area contributed by atoms with Gasteiger partial charge in [0.1, 0.15) is 0 Å². The van der Waals surface area contributed by atoms with Crippen molar-refractivity contribution < 1.29 is 0 Å². The number of hydrogen-bond acceptors (Lipinski definition) is 2. The molecular formula is C14H14BrNS. The molecule has 0 saturated carbocycles. The normalized spacial score (nSPS) is 10.5. The van der Waals surface area contributed by atoms with Crippen molar-refractivity contribution in [3.05, 3.63) is 58.1 Å². The number of hydrogen-bond donors (Lipinski definition) is 1. The Morgan fingerprint density at radius 1 is 1.12 bits per heavy atom. The Morgan fingerprint density at radius 2 is 1.88 bits per heavy atom. The third-order valence-corrected chi connectivity index (χ3v) is 4.33. The summed E-state index contributed by atoms with van der Waals surface area (Å²) < 4.78 is 1.09. The molecule has 0 atom stereocenters. The van der Waals surface area contributed by atoms with Gasteiger partial charge < -0.3 is 5.73 Å². The molecule has 0 radical (unpaired) electrons. The van der Waals surface area contributed by atoms with Crippen LogP contribution in [0.3, 0.4) is 0 Å². The van der Waals surface area contributed by atoms with Crippen molar-refractivity contribution in [2.24, 2.45) is 5.73 Å². The Morgan fingerprint density at radius 3 is 2.59 bits per heavy atom. The highest BCUT2D eigenvalue weighted by Crippen LogP contribution is 2.34. The largest absolute Gasteiger partial charge is 0.326 e. The topological polar surface area (TPSA) is 26.0 Å². The van der Waals surface area contributed by atoms with Crippen molar-refractivity contribution in [3.63, 3.8) is 0 Å². The minimum Gasteiger partial charge on any atom is -0.326 e. The lowest BCUT2D eigenvalue weighted by atomic mass is 10.2. The van der Waals surface area contributed by atoms with Gasteiger partial charge in [-0.05, 0) is 36.2 Å². The predicted molar refractivity (Wildman–Crippen MR) is 77.3 cm³/mol. The molecule has 0 saturated heterocycles. The van der Waals surface area contributed by atoms with Crippen LogP contribution < -0.4 is 5.73 Å². The lowest BCUT2D eigenvalue weighted by Gasteiger charge is -2.09. The maximum Gasteiger partial charge on any atom is 0.0189 e. The van der Waals surface area contributed by atoms with E-state index in [9.17, 15) is 0 Å². The lowest BCUT2D eigenvalue weighted by molar-refractivity contribution is 1.02. The molecule has 0 aliphatic rings. The Balaban J connectivity index is 2.35. The van der Waals surface area contributed by atoms with Crippen LogP contribution in [0.1, 0.15) is 11.1 Å². The number of rotatable bonds is 3. The van der Waals surface area contributed by atoms with Crippen LogP contribution in [0.25, 0.3) is 0 Å². The van der Waals surface area contributed by atoms with Crippen LogP contribution in [0.2, 0.25) is 0 Å². The molecule has 2 aromatic rings. The molecule has 1 nitrogen and oxygen atoms in total. The maximum absolute atomic E-state index is 5.76. The van der Waals surface area contributed by atoms with E-state index in [1.165, 1.54) is 20.9 Å². The van der Waals surface area contributed by atoms with Gasteiger partial charge in [-0.2, -0.15) is 0 Å². The first-order valence-corrected chi connectivity index (χ1v) is 7.03. The quantitative estimate of drug-likeness (QED) is 0.911. The lowest BCUT2D eigenvalue weighted by Crippen LogP contribution is -1.98. The zero-order valence-corrected chi connectivity index (χ0v) is 12.0. The molecule has 0 spiro atoms. The van der Waals surface area contributed by atoms with Crippen molar-refractivity contribution in [1.82, 2.24) is 0 Å². The van der Waals surface area contributed by atoms with Gasteiger partial charge in [0, 0.05) is 20.8 Å². The Kier molecular flexibility index (Phi) is 4.26. The molecule has 0 aliphatic heterocycles. The van der Waals surface area contributed by atoms with Gasteiger partial charge in [0.2, 0.25) is 0 Å². The minimum absolute atomic E-state index is 0.571. The van der Waals surface area contributed by atoms with Gasteiger partial charge in [-0.25, -0.2) is 0 Å². The number of nitrogens with two attached hydrogens (primary N) is 1. The second-order valence-corrected chi connectivity index (χ2v) is 5.82. The van der Waals surface area contributed by atoms with Gasteiger partial charge >= 0.3 is 0 Å². The second kappa shape index (κ2) is 5.71. The highest BCUT2D eigenvalue weighted by atomic mass is 79.9. The zero-order valence-electron chi connectivity index (χ0n) is 9.61. The van der Waals surface area contributed by atoms with E-state index in [0.29, 0.717) is 6.54 Å². The highest BCUT2D eigenvalue weighted by molar-refractivity contribution is 9.10. The van der Waals surface area contributed by atoms with Crippen molar-refractivity contribution in [1.29, 1.82) is 0 Å². The third kappa shape index (κ3) is 3.12. The summed E-state index contributed by atoms with van der Waals surface area (Å²) >= 11 is 5.27. The average molecular weight is 308 g/mol. The van der Waals surface area contributed by atoms with Gasteiger partial charge in [0.15, 0.2) is 0 Å². The van der Waals surface area contributed by atoms with E-state index < -0.39 is 0 Å². The number of halogens is 1. The monoisotopic (exact) mass is 307 g/mol. The van der Waals surface area contributed by atoms with E-state index in [2.05, 4.69) is 59.3 Å². The van der Waals surface area contributed by atoms with Crippen molar-refractivity contribution in [3.8, 4) is 0 Å². The molecule has 0 aliphatic carbocycles. The minimum atomic E-state index is 0.571. The summed E-state index contributed by atoms with van der Waals surface area (Å²) in [6.45, 7) is 2.70. The fourth-order valence-corrected chi connectivity index (χ4v) is 3.17. The van der Waals surface area contributed by atoms with Gasteiger partial charge in [-0.3, -0.25) is 0 Å². The summed E-state index contributed by atoms with van der Waals surface area (Å²) in [5.41, 5.74) is 8.24. The fraction of sp³-hybridized carbons (Fsp3) is 0.143. The number of aryl methyl sites for hydroxylation is 1. The van der Waals surface area contributed by atoms with Gasteiger partial charge in [0.25, 0.3) is 0 Å². The van der Waals surface area contributed by atoms with E-state index in [4.69, 9.17) is 5.73 Å². The molecule has 0 amide bonds. The number of benzene rings is 2. The molecule has 0 unspecified atom stereocenters. The summed E-state index contributed by atoms with van der Waals surface area (Å²) in [4.78, 5) is 2.50. The van der Waals surface area contributed by atoms with Crippen LogP contribution in [0.4, 0.5) is 0 Å². The van der Waals surface area contributed by atoms with Crippen LogP contribution in [-0.2, 0) is 6.54 Å². The van der Waals surface area contributed by atoms with Crippen molar-refractivity contribution in [2.75, 3.05) is 0 Å². The zero-order chi connectivity index (χ0) is 12.3. The summed E-state index contributed by atoms with van der Waals surface area (Å²) in [6.07, 6.45) is 0. The van der Waals surface area contributed by atoms with Crippen LogP contribution in [0, 0.1) is 6.92 Å². The molecule has 17 heavy (non-hydrogen) atoms. The van der Waals surface area contributed by atoms with Crippen LogP contribution in [0.15, 0.2) is 56.7 Å². The summed E-state index contributed by atoms with van der Waals surface area (Å²) in [5, 5.41) is 0. The van der Waals surface area contributed by atoms with Gasteiger partial charge in [-0.15, -0.1) is 0 Å². The first kappa shape index (κ1) is 12.7. The van der Waals surface area contributed by atoms with Gasteiger partial charge in [0.05, 0.1) is 0 Å². The standard InChI is InChI=1S/C14H14BrNS/c1-10-4-2-3-5-13(10)17-14-8-12(15)7-6-11(14)9-16/h2-8H,9,16H2,1H3. The first-order valence-electron chi connectivity index (χ1n) is 5.42. The molecule has 0 bridgehead atoms. The van der Waals surface area contributed by atoms with Crippen LogP contribution in [0.5, 0.6) is 0 Å². The maximum atomic E-state index is 5.76. The summed E-state index contributed by atoms with van der Waals surface area (Å²) in [6, 6.07) is 14.6. The fourth-order valence-electron chi connectivity index (χ4n) is 1.58. The van der Waals surface area contributed by atoms with E-state index in [-0.39, 0.29) is 0 Å². The van der Waals surface area contributed by atoms with Crippen molar-refractivity contribution >= 4 is 27.7 Å². The van der Waals surface area contributed by atoms with Crippen LogP contribution in [-0.4, -0.2) is 0 Å². The molecule has 3 heteroatoms. The smallest absolute Gasteiger partial charge is 0.0189 e. The van der Waals surface area contributed by atoms with E-state index >= 15 is 0 Å². The van der Waals surface area contributed by atoms with Crippen LogP contribution >= 0.6 is 27.7 Å². The molecular weight excluding hydrogens is 294 g/mol. The molecule has 0 fully saturated rings. The summed E-state index contributed by atoms with van der Waals surface area (Å²) in [7, 11) is 0. The SMILES string of the molecule is Cc1ccccc1Sc1cc(Br)ccc1CN. The third-order valence-electron chi connectivity index (χ3n) is 2.56. The van der Waals surface area contributed by atoms with Gasteiger partial charge in [-0.1, -0.05) is 52.0 Å². The van der Waals surface area contributed by atoms with Crippen molar-refractivity contribution in [2.45, 2.75) is 23.3 Å².